The van der Waals surface area contributed by atoms with Gasteiger partial charge in [0.1, 0.15) is 0 Å². The Morgan fingerprint density at radius 3 is 2.14 bits per heavy atom. The van der Waals surface area contributed by atoms with Gasteiger partial charge in [-0.15, -0.1) is 0 Å². The summed E-state index contributed by atoms with van der Waals surface area (Å²) in [5, 5.41) is 9.24. The number of benzene rings is 1. The average Bonchev–Trinajstić information content (AvgIpc) is 2.68. The number of nitrogens with one attached hydrogen (secondary N) is 3. The van der Waals surface area contributed by atoms with Crippen LogP contribution < -0.4 is 16.0 Å². The van der Waals surface area contributed by atoms with E-state index >= 15 is 0 Å². The molecule has 1 saturated heterocycles. The van der Waals surface area contributed by atoms with Crippen LogP contribution in [-0.4, -0.2) is 73.5 Å². The summed E-state index contributed by atoms with van der Waals surface area (Å²) in [6.07, 6.45) is 0. The van der Waals surface area contributed by atoms with E-state index in [0.29, 0.717) is 12.5 Å². The smallest absolute Gasteiger partial charge is 0.239 e. The third-order valence-electron chi connectivity index (χ3n) is 4.96. The number of guanidine groups is 1. The van der Waals surface area contributed by atoms with E-state index in [0.717, 1.165) is 26.2 Å². The van der Waals surface area contributed by atoms with Crippen molar-refractivity contribution >= 4 is 11.9 Å². The summed E-state index contributed by atoms with van der Waals surface area (Å²) in [7, 11) is 1.71. The zero-order valence-corrected chi connectivity index (χ0v) is 18.7. The molecule has 0 atom stereocenters. The molecule has 0 saturated carbocycles. The first-order chi connectivity index (χ1) is 13.8. The number of aliphatic imine (C=N–C) groups is 1. The van der Waals surface area contributed by atoms with Gasteiger partial charge in [-0.3, -0.25) is 14.7 Å². The molecule has 7 heteroatoms. The maximum atomic E-state index is 11.9. The first-order valence-electron chi connectivity index (χ1n) is 10.6. The number of carbonyl (C=O) groups is 1. The summed E-state index contributed by atoms with van der Waals surface area (Å²) >= 11 is 0. The Hall–Kier alpha value is -2.12. The van der Waals surface area contributed by atoms with Gasteiger partial charge in [-0.05, 0) is 38.4 Å². The molecule has 0 aliphatic carbocycles. The second kappa shape index (κ2) is 11.2. The Bertz CT molecular complexity index is 657. The monoisotopic (exact) mass is 402 g/mol. The summed E-state index contributed by atoms with van der Waals surface area (Å²) in [5.41, 5.74) is 2.30. The van der Waals surface area contributed by atoms with Crippen molar-refractivity contribution in [2.45, 2.75) is 46.3 Å². The van der Waals surface area contributed by atoms with Gasteiger partial charge in [0.2, 0.25) is 5.91 Å². The van der Waals surface area contributed by atoms with Crippen molar-refractivity contribution in [3.8, 4) is 0 Å². The number of piperazine rings is 1. The fourth-order valence-electron chi connectivity index (χ4n) is 3.32. The molecule has 0 unspecified atom stereocenters. The number of likely N-dealkylation sites (N-methyl/N-ethyl adjacent to an activating group) is 1. The molecule has 29 heavy (non-hydrogen) atoms. The average molecular weight is 403 g/mol. The van der Waals surface area contributed by atoms with Gasteiger partial charge >= 0.3 is 0 Å². The lowest BCUT2D eigenvalue weighted by Crippen LogP contribution is -2.48. The van der Waals surface area contributed by atoms with E-state index in [2.05, 4.69) is 61.9 Å². The topological polar surface area (TPSA) is 72.0 Å². The largest absolute Gasteiger partial charge is 0.352 e. The van der Waals surface area contributed by atoms with Gasteiger partial charge in [0.25, 0.3) is 0 Å². The highest BCUT2D eigenvalue weighted by molar-refractivity contribution is 5.86. The molecule has 1 aromatic carbocycles. The molecule has 1 fully saturated rings. The lowest BCUT2D eigenvalue weighted by Gasteiger charge is -2.34. The van der Waals surface area contributed by atoms with Crippen molar-refractivity contribution < 1.29 is 4.79 Å². The quantitative estimate of drug-likeness (QED) is 0.475. The van der Waals surface area contributed by atoms with Crippen molar-refractivity contribution in [2.24, 2.45) is 4.99 Å². The summed E-state index contributed by atoms with van der Waals surface area (Å²) in [6.45, 7) is 15.8. The van der Waals surface area contributed by atoms with Crippen LogP contribution >= 0.6 is 0 Å². The number of nitrogens with zero attached hydrogens (tertiary/aromatic N) is 3. The van der Waals surface area contributed by atoms with Crippen LogP contribution in [0.15, 0.2) is 29.3 Å². The first-order valence-corrected chi connectivity index (χ1v) is 10.6. The number of rotatable bonds is 7. The maximum absolute atomic E-state index is 11.9. The van der Waals surface area contributed by atoms with Crippen molar-refractivity contribution in [3.63, 3.8) is 0 Å². The van der Waals surface area contributed by atoms with Crippen molar-refractivity contribution in [2.75, 3.05) is 46.3 Å². The summed E-state index contributed by atoms with van der Waals surface area (Å²) in [4.78, 5) is 21.1. The van der Waals surface area contributed by atoms with Gasteiger partial charge in [0.15, 0.2) is 5.96 Å². The van der Waals surface area contributed by atoms with Gasteiger partial charge in [-0.1, -0.05) is 31.2 Å². The van der Waals surface area contributed by atoms with E-state index in [1.807, 2.05) is 20.8 Å². The minimum Gasteiger partial charge on any atom is -0.352 e. The molecule has 1 amide bonds. The van der Waals surface area contributed by atoms with E-state index in [1.165, 1.54) is 24.2 Å². The predicted octanol–water partition coefficient (Wildman–Crippen LogP) is 1.40. The number of carbonyl (C=O) groups excluding carboxylic acids is 1. The SMILES string of the molecule is CCN1CCN(Cc2ccc(CNC(=NC)NCC(=O)NC(C)(C)C)cc2)CC1. The summed E-state index contributed by atoms with van der Waals surface area (Å²) in [5.74, 6) is 0.566. The van der Waals surface area contributed by atoms with Crippen molar-refractivity contribution in [1.29, 1.82) is 0 Å². The van der Waals surface area contributed by atoms with E-state index < -0.39 is 0 Å². The van der Waals surface area contributed by atoms with Crippen LogP contribution in [0.25, 0.3) is 0 Å². The van der Waals surface area contributed by atoms with Crippen LogP contribution in [-0.2, 0) is 17.9 Å². The standard InChI is InChI=1S/C22H38N6O/c1-6-27-11-13-28(14-12-27)17-19-9-7-18(8-10-19)15-24-21(23-5)25-16-20(29)26-22(2,3)4/h7-10H,6,11-17H2,1-5H3,(H,26,29)(H2,23,24,25). The molecule has 1 aliphatic heterocycles. The molecular weight excluding hydrogens is 364 g/mol. The number of hydrogen-bond acceptors (Lipinski definition) is 4. The third-order valence-corrected chi connectivity index (χ3v) is 4.96. The predicted molar refractivity (Wildman–Crippen MR) is 120 cm³/mol. The molecular formula is C22H38N6O. The Balaban J connectivity index is 1.73. The molecule has 0 bridgehead atoms. The Morgan fingerprint density at radius 2 is 1.59 bits per heavy atom. The fraction of sp³-hybridized carbons (Fsp3) is 0.636. The lowest BCUT2D eigenvalue weighted by atomic mass is 10.1. The second-order valence-electron chi connectivity index (χ2n) is 8.60. The molecule has 0 radical (unpaired) electrons. The van der Waals surface area contributed by atoms with Crippen LogP contribution in [0, 0.1) is 0 Å². The highest BCUT2D eigenvalue weighted by Gasteiger charge is 2.15. The van der Waals surface area contributed by atoms with Gasteiger partial charge in [0, 0.05) is 51.9 Å². The van der Waals surface area contributed by atoms with E-state index in [9.17, 15) is 4.79 Å². The zero-order chi connectivity index (χ0) is 21.3. The summed E-state index contributed by atoms with van der Waals surface area (Å²) in [6, 6.07) is 8.72. The van der Waals surface area contributed by atoms with Crippen LogP contribution in [0.3, 0.4) is 0 Å². The van der Waals surface area contributed by atoms with E-state index in [4.69, 9.17) is 0 Å². The molecule has 0 aromatic heterocycles. The molecule has 1 aromatic rings. The Labute approximate surface area is 175 Å². The van der Waals surface area contributed by atoms with E-state index in [1.54, 1.807) is 7.05 Å². The first kappa shape index (κ1) is 23.2. The second-order valence-corrected chi connectivity index (χ2v) is 8.60. The van der Waals surface area contributed by atoms with Gasteiger partial charge in [-0.25, -0.2) is 0 Å². The van der Waals surface area contributed by atoms with Crippen LogP contribution in [0.2, 0.25) is 0 Å². The highest BCUT2D eigenvalue weighted by Crippen LogP contribution is 2.10. The van der Waals surface area contributed by atoms with Gasteiger partial charge in [-0.2, -0.15) is 0 Å². The van der Waals surface area contributed by atoms with E-state index in [-0.39, 0.29) is 18.0 Å². The normalized spacial score (nSPS) is 16.5. The molecule has 1 heterocycles. The highest BCUT2D eigenvalue weighted by atomic mass is 16.2. The van der Waals surface area contributed by atoms with Crippen LogP contribution in [0.1, 0.15) is 38.8 Å². The number of hydrogen-bond donors (Lipinski definition) is 3. The van der Waals surface area contributed by atoms with Gasteiger partial charge < -0.3 is 20.9 Å². The van der Waals surface area contributed by atoms with Crippen LogP contribution in [0.5, 0.6) is 0 Å². The molecule has 2 rings (SSSR count). The maximum Gasteiger partial charge on any atom is 0.239 e. The van der Waals surface area contributed by atoms with Crippen molar-refractivity contribution in [1.82, 2.24) is 25.8 Å². The van der Waals surface area contributed by atoms with Crippen LogP contribution in [0.4, 0.5) is 0 Å². The fourth-order valence-corrected chi connectivity index (χ4v) is 3.32. The van der Waals surface area contributed by atoms with Gasteiger partial charge in [0.05, 0.1) is 6.54 Å². The Morgan fingerprint density at radius 1 is 1.00 bits per heavy atom. The Kier molecular flexibility index (Phi) is 8.92. The van der Waals surface area contributed by atoms with Crippen molar-refractivity contribution in [3.05, 3.63) is 35.4 Å². The molecule has 1 aliphatic rings. The molecule has 7 nitrogen and oxygen atoms in total. The third kappa shape index (κ3) is 8.83. The molecule has 0 spiro atoms. The minimum atomic E-state index is -0.235. The number of amides is 1. The molecule has 162 valence electrons. The molecule has 3 N–H and O–H groups in total. The summed E-state index contributed by atoms with van der Waals surface area (Å²) < 4.78 is 0. The minimum absolute atomic E-state index is 0.0513. The lowest BCUT2D eigenvalue weighted by molar-refractivity contribution is -0.121. The zero-order valence-electron chi connectivity index (χ0n) is 18.7.